The Morgan fingerprint density at radius 1 is 1.31 bits per heavy atom. The fourth-order valence-corrected chi connectivity index (χ4v) is 5.19. The minimum Gasteiger partial charge on any atom is -0.487 e. The quantitative estimate of drug-likeness (QED) is 0.777. The van der Waals surface area contributed by atoms with Crippen molar-refractivity contribution < 1.29 is 18.7 Å². The molecule has 1 saturated heterocycles. The Balaban J connectivity index is 1.44. The van der Waals surface area contributed by atoms with Crippen molar-refractivity contribution in [1.82, 2.24) is 9.88 Å². The summed E-state index contributed by atoms with van der Waals surface area (Å²) in [5.74, 6) is 0.289. The van der Waals surface area contributed by atoms with Crippen LogP contribution in [0.5, 0.6) is 5.75 Å². The molecule has 5 rings (SSSR count). The normalized spacial score (nSPS) is 23.7. The van der Waals surface area contributed by atoms with E-state index in [1.54, 1.807) is 10.6 Å². The van der Waals surface area contributed by atoms with E-state index in [1.165, 1.54) is 12.1 Å². The summed E-state index contributed by atoms with van der Waals surface area (Å²) in [5.41, 5.74) is 0.121. The van der Waals surface area contributed by atoms with Crippen molar-refractivity contribution in [1.29, 1.82) is 0 Å². The number of nitrogens with zero attached hydrogens (tertiary/aromatic N) is 2. The standard InChI is InChI=1S/C24H30FN3O4/c1-14-13-31-21-19-15(5-6-18(29)28(14)19)11-17(25)20(21)27-10-7-16(12-27)24(8-9-24)26-22(30)32-23(2,3)4/h5-6,11,14,16H,7-10,12-13H2,1-4H3,(H,26,30)/t14-,16+/m0/s1. The Bertz CT molecular complexity index is 1150. The number of halogens is 1. The number of pyridine rings is 1. The summed E-state index contributed by atoms with van der Waals surface area (Å²) in [6.07, 6.45) is 2.23. The van der Waals surface area contributed by atoms with Gasteiger partial charge in [-0.1, -0.05) is 0 Å². The van der Waals surface area contributed by atoms with Gasteiger partial charge in [-0.25, -0.2) is 9.18 Å². The number of ether oxygens (including phenoxy) is 2. The van der Waals surface area contributed by atoms with Gasteiger partial charge in [0, 0.05) is 36.0 Å². The molecule has 2 atom stereocenters. The van der Waals surface area contributed by atoms with Crippen molar-refractivity contribution in [2.24, 2.45) is 5.92 Å². The number of hydrogen-bond donors (Lipinski definition) is 1. The van der Waals surface area contributed by atoms with Gasteiger partial charge in [0.25, 0.3) is 5.56 Å². The Hall–Kier alpha value is -2.77. The van der Waals surface area contributed by atoms with Gasteiger partial charge < -0.3 is 19.7 Å². The van der Waals surface area contributed by atoms with E-state index in [1.807, 2.05) is 32.6 Å². The average Bonchev–Trinajstić information content (AvgIpc) is 3.29. The molecule has 1 aromatic heterocycles. The SMILES string of the molecule is C[C@H]1COc2c(N3CC[C@@H](C4(NC(=O)OC(C)(C)C)CC4)C3)c(F)cc3ccc(=O)n1c23. The third-order valence-corrected chi connectivity index (χ3v) is 6.83. The Morgan fingerprint density at radius 3 is 2.75 bits per heavy atom. The molecule has 1 N–H and O–H groups in total. The molecule has 0 radical (unpaired) electrons. The molecule has 2 fully saturated rings. The summed E-state index contributed by atoms with van der Waals surface area (Å²) in [6.45, 7) is 9.06. The zero-order valence-electron chi connectivity index (χ0n) is 19.0. The molecule has 0 unspecified atom stereocenters. The number of aromatic nitrogens is 1. The van der Waals surface area contributed by atoms with Crippen LogP contribution in [0, 0.1) is 11.7 Å². The highest BCUT2D eigenvalue weighted by molar-refractivity contribution is 5.92. The van der Waals surface area contributed by atoms with Crippen LogP contribution < -0.4 is 20.5 Å². The fourth-order valence-electron chi connectivity index (χ4n) is 5.19. The number of hydrogen-bond acceptors (Lipinski definition) is 5. The predicted octanol–water partition coefficient (Wildman–Crippen LogP) is 3.98. The maximum Gasteiger partial charge on any atom is 0.408 e. The molecule has 0 bridgehead atoms. The van der Waals surface area contributed by atoms with Crippen LogP contribution in [0.4, 0.5) is 14.9 Å². The molecule has 2 aliphatic heterocycles. The molecule has 1 saturated carbocycles. The predicted molar refractivity (Wildman–Crippen MR) is 120 cm³/mol. The number of alkyl carbamates (subject to hydrolysis) is 1. The molecular weight excluding hydrogens is 413 g/mol. The maximum absolute atomic E-state index is 15.3. The highest BCUT2D eigenvalue weighted by Crippen LogP contribution is 2.49. The van der Waals surface area contributed by atoms with Gasteiger partial charge in [-0.3, -0.25) is 9.36 Å². The van der Waals surface area contributed by atoms with Crippen LogP contribution in [0.15, 0.2) is 23.0 Å². The van der Waals surface area contributed by atoms with Crippen LogP contribution in [0.25, 0.3) is 10.9 Å². The third kappa shape index (κ3) is 3.49. The van der Waals surface area contributed by atoms with E-state index in [2.05, 4.69) is 5.32 Å². The molecule has 1 aliphatic carbocycles. The van der Waals surface area contributed by atoms with Crippen molar-refractivity contribution in [3.05, 3.63) is 34.4 Å². The van der Waals surface area contributed by atoms with Crippen molar-refractivity contribution in [3.63, 3.8) is 0 Å². The lowest BCUT2D eigenvalue weighted by Crippen LogP contribution is -2.45. The molecule has 0 spiro atoms. The second kappa shape index (κ2) is 7.12. The molecular formula is C24H30FN3O4. The van der Waals surface area contributed by atoms with E-state index in [0.29, 0.717) is 42.0 Å². The van der Waals surface area contributed by atoms with E-state index in [0.717, 1.165) is 19.3 Å². The second-order valence-corrected chi connectivity index (χ2v) is 10.4. The molecule has 1 amide bonds. The van der Waals surface area contributed by atoms with Gasteiger partial charge in [-0.05, 0) is 59.1 Å². The number of carbonyl (C=O) groups is 1. The monoisotopic (exact) mass is 443 g/mol. The van der Waals surface area contributed by atoms with Gasteiger partial charge in [0.1, 0.15) is 17.9 Å². The van der Waals surface area contributed by atoms with Crippen LogP contribution in [0.3, 0.4) is 0 Å². The molecule has 3 aliphatic rings. The second-order valence-electron chi connectivity index (χ2n) is 10.4. The van der Waals surface area contributed by atoms with E-state index >= 15 is 4.39 Å². The first kappa shape index (κ1) is 21.1. The first-order chi connectivity index (χ1) is 15.1. The zero-order valence-corrected chi connectivity index (χ0v) is 19.0. The first-order valence-corrected chi connectivity index (χ1v) is 11.3. The summed E-state index contributed by atoms with van der Waals surface area (Å²) in [6, 6.07) is 4.52. The van der Waals surface area contributed by atoms with E-state index < -0.39 is 11.7 Å². The van der Waals surface area contributed by atoms with E-state index in [-0.39, 0.29) is 28.9 Å². The van der Waals surface area contributed by atoms with Crippen molar-refractivity contribution in [2.45, 2.75) is 64.1 Å². The summed E-state index contributed by atoms with van der Waals surface area (Å²) < 4.78 is 28.5. The third-order valence-electron chi connectivity index (χ3n) is 6.83. The average molecular weight is 444 g/mol. The largest absolute Gasteiger partial charge is 0.487 e. The summed E-state index contributed by atoms with van der Waals surface area (Å²) in [4.78, 5) is 26.9. The minimum absolute atomic E-state index is 0.107. The van der Waals surface area contributed by atoms with Crippen molar-refractivity contribution in [2.75, 3.05) is 24.6 Å². The summed E-state index contributed by atoms with van der Waals surface area (Å²) >= 11 is 0. The number of benzene rings is 1. The highest BCUT2D eigenvalue weighted by Gasteiger charge is 2.53. The molecule has 8 heteroatoms. The number of anilines is 1. The topological polar surface area (TPSA) is 72.8 Å². The van der Waals surface area contributed by atoms with Gasteiger partial charge >= 0.3 is 6.09 Å². The van der Waals surface area contributed by atoms with Gasteiger partial charge in [0.05, 0.1) is 11.6 Å². The lowest BCUT2D eigenvalue weighted by atomic mass is 9.96. The fraction of sp³-hybridized carbons (Fsp3) is 0.583. The summed E-state index contributed by atoms with van der Waals surface area (Å²) in [7, 11) is 0. The smallest absolute Gasteiger partial charge is 0.408 e. The Labute approximate surface area is 186 Å². The van der Waals surface area contributed by atoms with E-state index in [9.17, 15) is 9.59 Å². The molecule has 172 valence electrons. The molecule has 1 aromatic carbocycles. The lowest BCUT2D eigenvalue weighted by Gasteiger charge is -2.31. The van der Waals surface area contributed by atoms with Gasteiger partial charge in [-0.2, -0.15) is 0 Å². The first-order valence-electron chi connectivity index (χ1n) is 11.3. The van der Waals surface area contributed by atoms with Gasteiger partial charge in [0.2, 0.25) is 0 Å². The van der Waals surface area contributed by atoms with Crippen LogP contribution in [-0.2, 0) is 4.74 Å². The van der Waals surface area contributed by atoms with E-state index in [4.69, 9.17) is 9.47 Å². The van der Waals surface area contributed by atoms with Crippen LogP contribution in [0.1, 0.15) is 53.0 Å². The number of nitrogens with one attached hydrogen (secondary N) is 1. The van der Waals surface area contributed by atoms with Gasteiger partial charge in [-0.15, -0.1) is 0 Å². The number of amides is 1. The molecule has 7 nitrogen and oxygen atoms in total. The van der Waals surface area contributed by atoms with Crippen molar-refractivity contribution in [3.8, 4) is 5.75 Å². The molecule has 32 heavy (non-hydrogen) atoms. The molecule has 3 heterocycles. The number of carbonyl (C=O) groups excluding carboxylic acids is 1. The Morgan fingerprint density at radius 2 is 2.06 bits per heavy atom. The highest BCUT2D eigenvalue weighted by atomic mass is 19.1. The maximum atomic E-state index is 15.3. The summed E-state index contributed by atoms with van der Waals surface area (Å²) in [5, 5.41) is 3.75. The van der Waals surface area contributed by atoms with Crippen LogP contribution >= 0.6 is 0 Å². The number of rotatable bonds is 3. The Kier molecular flexibility index (Phi) is 4.69. The van der Waals surface area contributed by atoms with Crippen molar-refractivity contribution >= 4 is 22.7 Å². The van der Waals surface area contributed by atoms with Crippen LogP contribution in [0.2, 0.25) is 0 Å². The molecule has 2 aromatic rings. The lowest BCUT2D eigenvalue weighted by molar-refractivity contribution is 0.0477. The van der Waals surface area contributed by atoms with Gasteiger partial charge in [0.15, 0.2) is 11.6 Å². The van der Waals surface area contributed by atoms with Crippen LogP contribution in [-0.4, -0.2) is 41.5 Å². The zero-order chi connectivity index (χ0) is 22.8. The minimum atomic E-state index is -0.553.